The normalized spacial score (nSPS) is 10.9. The van der Waals surface area contributed by atoms with Crippen molar-refractivity contribution in [1.29, 1.82) is 0 Å². The quantitative estimate of drug-likeness (QED) is 0.420. The van der Waals surface area contributed by atoms with Crippen LogP contribution in [-0.2, 0) is 20.0 Å². The number of aromatic nitrogens is 4. The van der Waals surface area contributed by atoms with Crippen LogP contribution in [0, 0.1) is 0 Å². The average Bonchev–Trinajstić information content (AvgIpc) is 2.91. The molecule has 2 heterocycles. The Balaban J connectivity index is 0.00000242. The van der Waals surface area contributed by atoms with E-state index in [0.717, 1.165) is 37.0 Å². The van der Waals surface area contributed by atoms with Gasteiger partial charge in [-0.2, -0.15) is 5.10 Å². The molecule has 22 heavy (non-hydrogen) atoms. The zero-order chi connectivity index (χ0) is 14.9. The van der Waals surface area contributed by atoms with Gasteiger partial charge in [-0.1, -0.05) is 6.07 Å². The van der Waals surface area contributed by atoms with Crippen LogP contribution in [0.3, 0.4) is 0 Å². The van der Waals surface area contributed by atoms with E-state index in [-0.39, 0.29) is 24.0 Å². The van der Waals surface area contributed by atoms with Crippen molar-refractivity contribution in [3.05, 3.63) is 42.2 Å². The van der Waals surface area contributed by atoms with Gasteiger partial charge in [0.25, 0.3) is 0 Å². The van der Waals surface area contributed by atoms with E-state index in [1.165, 1.54) is 6.33 Å². The second-order valence-corrected chi connectivity index (χ2v) is 4.49. The second-order valence-electron chi connectivity index (χ2n) is 4.49. The molecule has 0 saturated carbocycles. The Bertz CT molecular complexity index is 568. The van der Waals surface area contributed by atoms with Gasteiger partial charge in [0.05, 0.1) is 0 Å². The van der Waals surface area contributed by atoms with E-state index >= 15 is 0 Å². The fourth-order valence-electron chi connectivity index (χ4n) is 1.81. The minimum Gasteiger partial charge on any atom is -0.357 e. The van der Waals surface area contributed by atoms with Gasteiger partial charge in [-0.3, -0.25) is 9.67 Å². The number of rotatable bonds is 6. The Morgan fingerprint density at radius 1 is 1.27 bits per heavy atom. The van der Waals surface area contributed by atoms with Gasteiger partial charge in [-0.15, -0.1) is 24.0 Å². The lowest BCUT2D eigenvalue weighted by Crippen LogP contribution is -2.38. The summed E-state index contributed by atoms with van der Waals surface area (Å²) >= 11 is 0. The standard InChI is InChI=1S/C14H21N7.HI/c1-3-15-14(18-10-13-19-11-20-21(13)2)17-9-7-12-6-4-5-8-16-12;/h4-6,8,11H,3,7,9-10H2,1-2H3,(H2,15,17,18);1H. The molecule has 0 fully saturated rings. The third-order valence-corrected chi connectivity index (χ3v) is 2.93. The van der Waals surface area contributed by atoms with E-state index in [9.17, 15) is 0 Å². The van der Waals surface area contributed by atoms with Crippen LogP contribution < -0.4 is 10.6 Å². The molecule has 2 aromatic rings. The molecule has 0 aromatic carbocycles. The minimum absolute atomic E-state index is 0. The Hall–Kier alpha value is -1.71. The summed E-state index contributed by atoms with van der Waals surface area (Å²) in [5, 5.41) is 10.5. The second kappa shape index (κ2) is 10.1. The molecule has 0 saturated heterocycles. The molecule has 0 bridgehead atoms. The fourth-order valence-corrected chi connectivity index (χ4v) is 1.81. The summed E-state index contributed by atoms with van der Waals surface area (Å²) in [6, 6.07) is 5.93. The summed E-state index contributed by atoms with van der Waals surface area (Å²) in [4.78, 5) is 13.0. The molecule has 0 radical (unpaired) electrons. The molecule has 0 unspecified atom stereocenters. The third-order valence-electron chi connectivity index (χ3n) is 2.93. The van der Waals surface area contributed by atoms with Gasteiger partial charge < -0.3 is 10.6 Å². The molecule has 8 heteroatoms. The number of halogens is 1. The number of guanidine groups is 1. The van der Waals surface area contributed by atoms with Gasteiger partial charge in [0.1, 0.15) is 18.7 Å². The smallest absolute Gasteiger partial charge is 0.191 e. The van der Waals surface area contributed by atoms with Crippen LogP contribution in [0.2, 0.25) is 0 Å². The SMILES string of the molecule is CCNC(=NCc1ncnn1C)NCCc1ccccn1.I. The van der Waals surface area contributed by atoms with Gasteiger partial charge in [-0.05, 0) is 19.1 Å². The first-order valence-electron chi connectivity index (χ1n) is 7.04. The van der Waals surface area contributed by atoms with Crippen LogP contribution in [-0.4, -0.2) is 38.8 Å². The summed E-state index contributed by atoms with van der Waals surface area (Å²) in [5.74, 6) is 1.60. The van der Waals surface area contributed by atoms with E-state index in [2.05, 4.69) is 30.7 Å². The predicted molar refractivity (Wildman–Crippen MR) is 97.2 cm³/mol. The van der Waals surface area contributed by atoms with E-state index in [4.69, 9.17) is 0 Å². The highest BCUT2D eigenvalue weighted by atomic mass is 127. The Kier molecular flexibility index (Phi) is 8.41. The maximum absolute atomic E-state index is 4.50. The summed E-state index contributed by atoms with van der Waals surface area (Å²) < 4.78 is 1.72. The molecule has 0 atom stereocenters. The predicted octanol–water partition coefficient (Wildman–Crippen LogP) is 1.13. The zero-order valence-electron chi connectivity index (χ0n) is 12.9. The van der Waals surface area contributed by atoms with E-state index in [1.807, 2.05) is 38.4 Å². The number of nitrogens with one attached hydrogen (secondary N) is 2. The molecule has 0 aliphatic heterocycles. The minimum atomic E-state index is 0. The first-order valence-corrected chi connectivity index (χ1v) is 7.04. The summed E-state index contributed by atoms with van der Waals surface area (Å²) in [5.41, 5.74) is 1.06. The number of aliphatic imine (C=N–C) groups is 1. The van der Waals surface area contributed by atoms with E-state index in [1.54, 1.807) is 4.68 Å². The van der Waals surface area contributed by atoms with Gasteiger partial charge in [0.15, 0.2) is 5.96 Å². The molecule has 120 valence electrons. The Morgan fingerprint density at radius 3 is 2.77 bits per heavy atom. The first-order chi connectivity index (χ1) is 10.3. The fraction of sp³-hybridized carbons (Fsp3) is 0.429. The lowest BCUT2D eigenvalue weighted by atomic mass is 10.3. The first kappa shape index (κ1) is 18.3. The molecular weight excluding hydrogens is 393 g/mol. The van der Waals surface area contributed by atoms with Crippen molar-refractivity contribution in [3.63, 3.8) is 0 Å². The maximum Gasteiger partial charge on any atom is 0.191 e. The molecule has 2 N–H and O–H groups in total. The largest absolute Gasteiger partial charge is 0.357 e. The number of nitrogens with zero attached hydrogens (tertiary/aromatic N) is 5. The van der Waals surface area contributed by atoms with Crippen LogP contribution in [0.4, 0.5) is 0 Å². The number of hydrogen-bond donors (Lipinski definition) is 2. The van der Waals surface area contributed by atoms with Crippen molar-refractivity contribution in [3.8, 4) is 0 Å². The molecule has 2 aromatic heterocycles. The molecule has 0 aliphatic rings. The van der Waals surface area contributed by atoms with Crippen molar-refractivity contribution in [1.82, 2.24) is 30.4 Å². The summed E-state index contributed by atoms with van der Waals surface area (Å²) in [6.07, 6.45) is 4.20. The summed E-state index contributed by atoms with van der Waals surface area (Å²) in [7, 11) is 1.86. The van der Waals surface area contributed by atoms with Crippen molar-refractivity contribution in [2.45, 2.75) is 19.9 Å². The van der Waals surface area contributed by atoms with Crippen LogP contribution in [0.15, 0.2) is 35.7 Å². The van der Waals surface area contributed by atoms with Gasteiger partial charge in [0, 0.05) is 38.4 Å². The van der Waals surface area contributed by atoms with Crippen LogP contribution >= 0.6 is 24.0 Å². The molecule has 0 spiro atoms. The zero-order valence-corrected chi connectivity index (χ0v) is 15.2. The van der Waals surface area contributed by atoms with Crippen molar-refractivity contribution in [2.24, 2.45) is 12.0 Å². The van der Waals surface area contributed by atoms with Crippen molar-refractivity contribution < 1.29 is 0 Å². The van der Waals surface area contributed by atoms with Crippen LogP contribution in [0.1, 0.15) is 18.4 Å². The molecule has 7 nitrogen and oxygen atoms in total. The van der Waals surface area contributed by atoms with E-state index in [0.29, 0.717) is 6.54 Å². The number of aryl methyl sites for hydroxylation is 1. The monoisotopic (exact) mass is 415 g/mol. The topological polar surface area (TPSA) is 80.0 Å². The maximum atomic E-state index is 4.50. The van der Waals surface area contributed by atoms with Crippen LogP contribution in [0.25, 0.3) is 0 Å². The Morgan fingerprint density at radius 2 is 2.14 bits per heavy atom. The third kappa shape index (κ3) is 5.96. The Labute approximate surface area is 147 Å². The summed E-state index contributed by atoms with van der Waals surface area (Å²) in [6.45, 7) is 4.13. The lowest BCUT2D eigenvalue weighted by molar-refractivity contribution is 0.697. The molecular formula is C14H22IN7. The molecule has 2 rings (SSSR count). The highest BCUT2D eigenvalue weighted by Crippen LogP contribution is 1.95. The average molecular weight is 415 g/mol. The van der Waals surface area contributed by atoms with Crippen LogP contribution in [0.5, 0.6) is 0 Å². The van der Waals surface area contributed by atoms with Gasteiger partial charge in [0.2, 0.25) is 0 Å². The van der Waals surface area contributed by atoms with Gasteiger partial charge >= 0.3 is 0 Å². The van der Waals surface area contributed by atoms with Gasteiger partial charge in [-0.25, -0.2) is 9.98 Å². The molecule has 0 aliphatic carbocycles. The highest BCUT2D eigenvalue weighted by Gasteiger charge is 2.01. The number of pyridine rings is 1. The van der Waals surface area contributed by atoms with Crippen molar-refractivity contribution >= 4 is 29.9 Å². The molecule has 0 amide bonds. The highest BCUT2D eigenvalue weighted by molar-refractivity contribution is 14.0. The van der Waals surface area contributed by atoms with E-state index < -0.39 is 0 Å². The lowest BCUT2D eigenvalue weighted by Gasteiger charge is -2.10. The van der Waals surface area contributed by atoms with Crippen molar-refractivity contribution in [2.75, 3.05) is 13.1 Å². The number of hydrogen-bond acceptors (Lipinski definition) is 4.